The highest BCUT2D eigenvalue weighted by molar-refractivity contribution is 5.99. The molecule has 1 aromatic carbocycles. The number of amides is 1. The summed E-state index contributed by atoms with van der Waals surface area (Å²) in [7, 11) is 0. The molecule has 0 saturated carbocycles. The first-order valence-corrected chi connectivity index (χ1v) is 6.49. The van der Waals surface area contributed by atoms with Crippen LogP contribution >= 0.6 is 12.4 Å². The van der Waals surface area contributed by atoms with E-state index >= 15 is 0 Å². The Kier molecular flexibility index (Phi) is 4.25. The third kappa shape index (κ3) is 2.38. The van der Waals surface area contributed by atoms with Crippen LogP contribution in [0.25, 0.3) is 0 Å². The highest BCUT2D eigenvalue weighted by Gasteiger charge is 2.30. The van der Waals surface area contributed by atoms with Gasteiger partial charge in [0.15, 0.2) is 0 Å². The molecule has 0 spiro atoms. The first kappa shape index (κ1) is 13.4. The summed E-state index contributed by atoms with van der Waals surface area (Å²) in [6.07, 6.45) is 4.34. The van der Waals surface area contributed by atoms with Crippen LogP contribution in [0.3, 0.4) is 0 Å². The van der Waals surface area contributed by atoms with E-state index in [1.165, 1.54) is 18.4 Å². The zero-order valence-corrected chi connectivity index (χ0v) is 11.2. The normalized spacial score (nSPS) is 22.2. The number of nitrogens with one attached hydrogen (secondary N) is 1. The third-order valence-corrected chi connectivity index (χ3v) is 3.76. The quantitative estimate of drug-likeness (QED) is 0.845. The summed E-state index contributed by atoms with van der Waals surface area (Å²) >= 11 is 0. The van der Waals surface area contributed by atoms with E-state index in [1.54, 1.807) is 0 Å². The molecule has 1 N–H and O–H groups in total. The maximum atomic E-state index is 12.4. The van der Waals surface area contributed by atoms with Crippen molar-refractivity contribution in [2.24, 2.45) is 0 Å². The predicted octanol–water partition coefficient (Wildman–Crippen LogP) is 2.14. The molecule has 2 heterocycles. The first-order valence-electron chi connectivity index (χ1n) is 6.49. The summed E-state index contributed by atoms with van der Waals surface area (Å²) in [5.41, 5.74) is 2.42. The second kappa shape index (κ2) is 5.72. The van der Waals surface area contributed by atoms with Gasteiger partial charge in [0.25, 0.3) is 0 Å². The number of piperidine rings is 1. The highest BCUT2D eigenvalue weighted by Crippen LogP contribution is 2.28. The van der Waals surface area contributed by atoms with Gasteiger partial charge in [-0.05, 0) is 37.4 Å². The Bertz CT molecular complexity index is 430. The minimum absolute atomic E-state index is 0. The van der Waals surface area contributed by atoms with Crippen molar-refractivity contribution in [1.29, 1.82) is 0 Å². The fraction of sp³-hybridized carbons (Fsp3) is 0.500. The lowest BCUT2D eigenvalue weighted by Crippen LogP contribution is -2.48. The second-order valence-corrected chi connectivity index (χ2v) is 4.87. The number of anilines is 1. The molecular weight excluding hydrogens is 248 g/mol. The molecule has 18 heavy (non-hydrogen) atoms. The number of rotatable bonds is 1. The van der Waals surface area contributed by atoms with Gasteiger partial charge in [0.1, 0.15) is 0 Å². The molecular formula is C14H19ClN2O. The van der Waals surface area contributed by atoms with E-state index in [2.05, 4.69) is 17.4 Å². The largest absolute Gasteiger partial charge is 0.310 e. The molecule has 0 aromatic heterocycles. The zero-order valence-electron chi connectivity index (χ0n) is 10.4. The molecule has 0 bridgehead atoms. The van der Waals surface area contributed by atoms with Crippen molar-refractivity contribution in [1.82, 2.24) is 5.32 Å². The second-order valence-electron chi connectivity index (χ2n) is 4.87. The number of carbonyl (C=O) groups excluding carboxylic acids is 1. The van der Waals surface area contributed by atoms with Crippen molar-refractivity contribution >= 4 is 24.0 Å². The van der Waals surface area contributed by atoms with Crippen molar-refractivity contribution in [3.8, 4) is 0 Å². The minimum Gasteiger partial charge on any atom is -0.310 e. The van der Waals surface area contributed by atoms with Crippen molar-refractivity contribution in [2.45, 2.75) is 31.7 Å². The van der Waals surface area contributed by atoms with Gasteiger partial charge in [0.2, 0.25) is 5.91 Å². The van der Waals surface area contributed by atoms with Crippen LogP contribution in [0.5, 0.6) is 0 Å². The Morgan fingerprint density at radius 3 is 2.89 bits per heavy atom. The lowest BCUT2D eigenvalue weighted by Gasteiger charge is -2.27. The van der Waals surface area contributed by atoms with E-state index in [4.69, 9.17) is 0 Å². The topological polar surface area (TPSA) is 32.3 Å². The fourth-order valence-electron chi connectivity index (χ4n) is 2.82. The molecule has 1 fully saturated rings. The minimum atomic E-state index is 0. The summed E-state index contributed by atoms with van der Waals surface area (Å²) < 4.78 is 0. The number of hydrogen-bond donors (Lipinski definition) is 1. The van der Waals surface area contributed by atoms with Crippen molar-refractivity contribution in [2.75, 3.05) is 18.0 Å². The van der Waals surface area contributed by atoms with E-state index in [0.717, 1.165) is 31.6 Å². The SMILES string of the molecule is Cl.O=C(C1CCCCN1)N1CCc2ccccc21. The van der Waals surface area contributed by atoms with Gasteiger partial charge in [-0.25, -0.2) is 0 Å². The smallest absolute Gasteiger partial charge is 0.244 e. The van der Waals surface area contributed by atoms with E-state index in [0.29, 0.717) is 0 Å². The lowest BCUT2D eigenvalue weighted by molar-refractivity contribution is -0.121. The number of nitrogens with zero attached hydrogens (tertiary/aromatic N) is 1. The molecule has 1 amide bonds. The van der Waals surface area contributed by atoms with E-state index < -0.39 is 0 Å². The summed E-state index contributed by atoms with van der Waals surface area (Å²) in [4.78, 5) is 14.4. The van der Waals surface area contributed by atoms with E-state index in [1.807, 2.05) is 17.0 Å². The van der Waals surface area contributed by atoms with Crippen molar-refractivity contribution < 1.29 is 4.79 Å². The number of halogens is 1. The molecule has 2 aliphatic heterocycles. The lowest BCUT2D eigenvalue weighted by atomic mass is 10.0. The van der Waals surface area contributed by atoms with Gasteiger partial charge >= 0.3 is 0 Å². The third-order valence-electron chi connectivity index (χ3n) is 3.76. The van der Waals surface area contributed by atoms with Crippen LogP contribution in [-0.2, 0) is 11.2 Å². The van der Waals surface area contributed by atoms with E-state index in [-0.39, 0.29) is 24.4 Å². The first-order chi connectivity index (χ1) is 8.36. The van der Waals surface area contributed by atoms with Crippen LogP contribution in [0.15, 0.2) is 24.3 Å². The number of hydrogen-bond acceptors (Lipinski definition) is 2. The van der Waals surface area contributed by atoms with Crippen molar-refractivity contribution in [3.63, 3.8) is 0 Å². The molecule has 1 unspecified atom stereocenters. The fourth-order valence-corrected chi connectivity index (χ4v) is 2.82. The average molecular weight is 267 g/mol. The molecule has 0 aliphatic carbocycles. The molecule has 3 nitrogen and oxygen atoms in total. The Hall–Kier alpha value is -1.06. The molecule has 1 aromatic rings. The van der Waals surface area contributed by atoms with Gasteiger partial charge in [0, 0.05) is 12.2 Å². The summed E-state index contributed by atoms with van der Waals surface area (Å²) in [5.74, 6) is 0.259. The summed E-state index contributed by atoms with van der Waals surface area (Å²) in [6.45, 7) is 1.82. The summed E-state index contributed by atoms with van der Waals surface area (Å²) in [5, 5.41) is 3.34. The Balaban J connectivity index is 0.00000120. The van der Waals surface area contributed by atoms with E-state index in [9.17, 15) is 4.79 Å². The van der Waals surface area contributed by atoms with Crippen LogP contribution in [0.4, 0.5) is 5.69 Å². The Morgan fingerprint density at radius 2 is 2.11 bits per heavy atom. The van der Waals surface area contributed by atoms with Crippen LogP contribution < -0.4 is 10.2 Å². The molecule has 3 rings (SSSR count). The van der Waals surface area contributed by atoms with Crippen LogP contribution in [0.1, 0.15) is 24.8 Å². The van der Waals surface area contributed by atoms with Gasteiger partial charge in [0.05, 0.1) is 6.04 Å². The summed E-state index contributed by atoms with van der Waals surface area (Å²) in [6, 6.07) is 8.28. The zero-order chi connectivity index (χ0) is 11.7. The number of benzene rings is 1. The van der Waals surface area contributed by atoms with Crippen LogP contribution in [0.2, 0.25) is 0 Å². The van der Waals surface area contributed by atoms with Gasteiger partial charge in [-0.3, -0.25) is 4.79 Å². The van der Waals surface area contributed by atoms with Gasteiger partial charge < -0.3 is 10.2 Å². The molecule has 1 atom stereocenters. The van der Waals surface area contributed by atoms with Crippen LogP contribution in [-0.4, -0.2) is 25.0 Å². The predicted molar refractivity (Wildman–Crippen MR) is 75.4 cm³/mol. The van der Waals surface area contributed by atoms with Gasteiger partial charge in [-0.2, -0.15) is 0 Å². The molecule has 1 saturated heterocycles. The number of carbonyl (C=O) groups is 1. The highest BCUT2D eigenvalue weighted by atomic mass is 35.5. The van der Waals surface area contributed by atoms with Crippen LogP contribution in [0, 0.1) is 0 Å². The van der Waals surface area contributed by atoms with Gasteiger partial charge in [-0.15, -0.1) is 12.4 Å². The Morgan fingerprint density at radius 1 is 1.28 bits per heavy atom. The standard InChI is InChI=1S/C14H18N2O.ClH/c17-14(12-6-3-4-9-15-12)16-10-8-11-5-1-2-7-13(11)16;/h1-2,5,7,12,15H,3-4,6,8-10H2;1H. The molecule has 98 valence electrons. The molecule has 2 aliphatic rings. The Labute approximate surface area is 114 Å². The van der Waals surface area contributed by atoms with Gasteiger partial charge in [-0.1, -0.05) is 24.6 Å². The molecule has 0 radical (unpaired) electrons. The number of para-hydroxylation sites is 1. The average Bonchev–Trinajstić information content (AvgIpc) is 2.83. The number of fused-ring (bicyclic) bond motifs is 1. The maximum Gasteiger partial charge on any atom is 0.244 e. The maximum absolute atomic E-state index is 12.4. The molecule has 4 heteroatoms. The monoisotopic (exact) mass is 266 g/mol. The van der Waals surface area contributed by atoms with Crippen molar-refractivity contribution in [3.05, 3.63) is 29.8 Å².